The molecule has 2 aliphatic rings. The molecule has 0 aliphatic carbocycles. The minimum atomic E-state index is -0.323. The van der Waals surface area contributed by atoms with Crippen LogP contribution >= 0.6 is 0 Å². The lowest BCUT2D eigenvalue weighted by Crippen LogP contribution is -2.42. The maximum absolute atomic E-state index is 12.3. The molecule has 2 amide bonds. The zero-order valence-electron chi connectivity index (χ0n) is 13.6. The molecule has 0 saturated carbocycles. The number of hydrogen-bond acceptors (Lipinski definition) is 5. The number of aromatic hydroxyl groups is 1. The Morgan fingerprint density at radius 3 is 2.67 bits per heavy atom. The molecule has 2 N–H and O–H groups in total. The molecule has 130 valence electrons. The Morgan fingerprint density at radius 1 is 1.25 bits per heavy atom. The molecule has 0 spiro atoms. The number of rotatable bonds is 5. The average Bonchev–Trinajstić information content (AvgIpc) is 2.98. The first-order valence-electron chi connectivity index (χ1n) is 8.30. The number of nitrogens with one attached hydrogen (secondary N) is 1. The van der Waals surface area contributed by atoms with Gasteiger partial charge in [0.1, 0.15) is 5.75 Å². The standard InChI is InChI=1S/C17H23N3O4/c21-15-3-1-14(2-4-15)20-12-13(11-16(20)22)17(23)18-5-6-19-7-9-24-10-8-19/h1-4,13,21H,5-12H2,(H,18,23)/t13-/m1/s1. The van der Waals surface area contributed by atoms with Gasteiger partial charge in [0.05, 0.1) is 19.1 Å². The number of amides is 2. The third kappa shape index (κ3) is 4.04. The Bertz CT molecular complexity index is 584. The number of anilines is 1. The van der Waals surface area contributed by atoms with Gasteiger partial charge >= 0.3 is 0 Å². The van der Waals surface area contributed by atoms with Gasteiger partial charge in [-0.1, -0.05) is 0 Å². The highest BCUT2D eigenvalue weighted by Gasteiger charge is 2.34. The number of hydrogen-bond donors (Lipinski definition) is 2. The third-order valence-corrected chi connectivity index (χ3v) is 4.49. The van der Waals surface area contributed by atoms with Crippen LogP contribution in [0.25, 0.3) is 0 Å². The number of carbonyl (C=O) groups excluding carboxylic acids is 2. The summed E-state index contributed by atoms with van der Waals surface area (Å²) in [6, 6.07) is 6.45. The Labute approximate surface area is 141 Å². The number of benzene rings is 1. The van der Waals surface area contributed by atoms with Crippen molar-refractivity contribution in [3.63, 3.8) is 0 Å². The van der Waals surface area contributed by atoms with Gasteiger partial charge < -0.3 is 20.1 Å². The van der Waals surface area contributed by atoms with Crippen LogP contribution in [0.4, 0.5) is 5.69 Å². The molecule has 1 aromatic rings. The van der Waals surface area contributed by atoms with Crippen LogP contribution < -0.4 is 10.2 Å². The number of morpholine rings is 1. The summed E-state index contributed by atoms with van der Waals surface area (Å²) in [6.45, 7) is 5.05. The molecule has 2 heterocycles. The highest BCUT2D eigenvalue weighted by molar-refractivity contribution is 6.00. The smallest absolute Gasteiger partial charge is 0.227 e. The second-order valence-electron chi connectivity index (χ2n) is 6.17. The summed E-state index contributed by atoms with van der Waals surface area (Å²) in [5, 5.41) is 12.3. The number of ether oxygens (including phenoxy) is 1. The van der Waals surface area contributed by atoms with Gasteiger partial charge in [0.15, 0.2) is 0 Å². The van der Waals surface area contributed by atoms with E-state index in [9.17, 15) is 14.7 Å². The average molecular weight is 333 g/mol. The van der Waals surface area contributed by atoms with E-state index in [1.165, 1.54) is 0 Å². The molecule has 3 rings (SSSR count). The van der Waals surface area contributed by atoms with Gasteiger partial charge in [0.25, 0.3) is 0 Å². The molecule has 0 bridgehead atoms. The zero-order chi connectivity index (χ0) is 16.9. The minimum absolute atomic E-state index is 0.0611. The molecule has 2 saturated heterocycles. The minimum Gasteiger partial charge on any atom is -0.508 e. The summed E-state index contributed by atoms with van der Waals surface area (Å²) < 4.78 is 5.29. The van der Waals surface area contributed by atoms with E-state index in [0.717, 1.165) is 32.8 Å². The van der Waals surface area contributed by atoms with Gasteiger partial charge in [-0.2, -0.15) is 0 Å². The van der Waals surface area contributed by atoms with Crippen molar-refractivity contribution in [1.82, 2.24) is 10.2 Å². The highest BCUT2D eigenvalue weighted by Crippen LogP contribution is 2.26. The first-order valence-corrected chi connectivity index (χ1v) is 8.30. The fourth-order valence-corrected chi connectivity index (χ4v) is 3.07. The highest BCUT2D eigenvalue weighted by atomic mass is 16.5. The molecular weight excluding hydrogens is 310 g/mol. The number of phenols is 1. The van der Waals surface area contributed by atoms with Crippen LogP contribution in [0.5, 0.6) is 5.75 Å². The van der Waals surface area contributed by atoms with Crippen molar-refractivity contribution >= 4 is 17.5 Å². The summed E-state index contributed by atoms with van der Waals surface area (Å²) in [4.78, 5) is 28.3. The monoisotopic (exact) mass is 333 g/mol. The first kappa shape index (κ1) is 16.7. The quantitative estimate of drug-likeness (QED) is 0.804. The van der Waals surface area contributed by atoms with Crippen LogP contribution in [0.15, 0.2) is 24.3 Å². The van der Waals surface area contributed by atoms with E-state index in [1.807, 2.05) is 0 Å². The molecule has 7 nitrogen and oxygen atoms in total. The lowest BCUT2D eigenvalue weighted by atomic mass is 10.1. The lowest BCUT2D eigenvalue weighted by Gasteiger charge is -2.26. The molecule has 7 heteroatoms. The number of nitrogens with zero attached hydrogens (tertiary/aromatic N) is 2. The van der Waals surface area contributed by atoms with Gasteiger partial charge in [0.2, 0.25) is 11.8 Å². The van der Waals surface area contributed by atoms with Crippen LogP contribution in [-0.2, 0) is 14.3 Å². The molecule has 2 fully saturated rings. The molecular formula is C17H23N3O4. The van der Waals surface area contributed by atoms with Gasteiger partial charge in [-0.05, 0) is 24.3 Å². The van der Waals surface area contributed by atoms with E-state index in [4.69, 9.17) is 4.74 Å². The Balaban J connectivity index is 1.47. The molecule has 1 aromatic carbocycles. The van der Waals surface area contributed by atoms with Crippen molar-refractivity contribution in [3.05, 3.63) is 24.3 Å². The number of phenolic OH excluding ortho intramolecular Hbond substituents is 1. The van der Waals surface area contributed by atoms with Crippen molar-refractivity contribution in [3.8, 4) is 5.75 Å². The third-order valence-electron chi connectivity index (χ3n) is 4.49. The second-order valence-corrected chi connectivity index (χ2v) is 6.17. The SMILES string of the molecule is O=C(NCCN1CCOCC1)[C@@H]1CC(=O)N(c2ccc(O)cc2)C1. The predicted octanol–water partition coefficient (Wildman–Crippen LogP) is 0.194. The van der Waals surface area contributed by atoms with E-state index in [1.54, 1.807) is 29.2 Å². The summed E-state index contributed by atoms with van der Waals surface area (Å²) in [5.41, 5.74) is 0.710. The van der Waals surface area contributed by atoms with Crippen molar-refractivity contribution < 1.29 is 19.4 Å². The maximum atomic E-state index is 12.3. The van der Waals surface area contributed by atoms with Crippen molar-refractivity contribution in [2.45, 2.75) is 6.42 Å². The lowest BCUT2D eigenvalue weighted by molar-refractivity contribution is -0.126. The topological polar surface area (TPSA) is 82.1 Å². The summed E-state index contributed by atoms with van der Waals surface area (Å²) in [6.07, 6.45) is 0.226. The molecule has 1 atom stereocenters. The van der Waals surface area contributed by atoms with Crippen molar-refractivity contribution in [2.75, 3.05) is 50.8 Å². The molecule has 2 aliphatic heterocycles. The Kier molecular flexibility index (Phi) is 5.32. The fourth-order valence-electron chi connectivity index (χ4n) is 3.07. The van der Waals surface area contributed by atoms with E-state index < -0.39 is 0 Å². The second kappa shape index (κ2) is 7.63. The van der Waals surface area contributed by atoms with Crippen LogP contribution in [0.1, 0.15) is 6.42 Å². The van der Waals surface area contributed by atoms with Crippen molar-refractivity contribution in [2.24, 2.45) is 5.92 Å². The maximum Gasteiger partial charge on any atom is 0.227 e. The summed E-state index contributed by atoms with van der Waals surface area (Å²) in [7, 11) is 0. The molecule has 0 aromatic heterocycles. The summed E-state index contributed by atoms with van der Waals surface area (Å²) in [5.74, 6) is -0.300. The molecule has 0 unspecified atom stereocenters. The van der Waals surface area contributed by atoms with Crippen LogP contribution in [0, 0.1) is 5.92 Å². The van der Waals surface area contributed by atoms with E-state index in [-0.39, 0.29) is 29.9 Å². The van der Waals surface area contributed by atoms with Gasteiger partial charge in [-0.25, -0.2) is 0 Å². The largest absolute Gasteiger partial charge is 0.508 e. The predicted molar refractivity (Wildman–Crippen MR) is 88.8 cm³/mol. The normalized spacial score (nSPS) is 21.9. The van der Waals surface area contributed by atoms with Crippen molar-refractivity contribution in [1.29, 1.82) is 0 Å². The molecule has 0 radical (unpaired) electrons. The number of carbonyl (C=O) groups is 2. The van der Waals surface area contributed by atoms with Gasteiger partial charge in [-0.15, -0.1) is 0 Å². The summed E-state index contributed by atoms with van der Waals surface area (Å²) >= 11 is 0. The van der Waals surface area contributed by atoms with E-state index in [0.29, 0.717) is 18.8 Å². The fraction of sp³-hybridized carbons (Fsp3) is 0.529. The zero-order valence-corrected chi connectivity index (χ0v) is 13.6. The van der Waals surface area contributed by atoms with Crippen LogP contribution in [0.2, 0.25) is 0 Å². The Hall–Kier alpha value is -2.12. The molecule has 24 heavy (non-hydrogen) atoms. The van der Waals surface area contributed by atoms with Crippen LogP contribution in [0.3, 0.4) is 0 Å². The van der Waals surface area contributed by atoms with Gasteiger partial charge in [-0.3, -0.25) is 14.5 Å². The van der Waals surface area contributed by atoms with Gasteiger partial charge in [0, 0.05) is 44.8 Å². The van der Waals surface area contributed by atoms with E-state index >= 15 is 0 Å². The van der Waals surface area contributed by atoms with Crippen LogP contribution in [-0.4, -0.2) is 67.8 Å². The first-order chi connectivity index (χ1) is 11.6. The van der Waals surface area contributed by atoms with E-state index in [2.05, 4.69) is 10.2 Å². The Morgan fingerprint density at radius 2 is 1.96 bits per heavy atom.